The minimum atomic E-state index is 0. The molecule has 2 aromatic rings. The third-order valence-electron chi connectivity index (χ3n) is 5.24. The molecule has 1 saturated heterocycles. The van der Waals surface area contributed by atoms with Crippen molar-refractivity contribution in [1.82, 2.24) is 15.6 Å². The molecule has 0 unspecified atom stereocenters. The lowest BCUT2D eigenvalue weighted by Gasteiger charge is -2.34. The Kier molecular flexibility index (Phi) is 10.2. The molecule has 0 bridgehead atoms. The fourth-order valence-electron chi connectivity index (χ4n) is 3.63. The number of guanidine groups is 1. The fraction of sp³-hybridized carbons (Fsp3) is 0.478. The summed E-state index contributed by atoms with van der Waals surface area (Å²) in [5, 5.41) is 6.96. The molecule has 0 atom stereocenters. The lowest BCUT2D eigenvalue weighted by atomic mass is 10.1. The zero-order valence-corrected chi connectivity index (χ0v) is 21.2. The molecule has 1 fully saturated rings. The van der Waals surface area contributed by atoms with Crippen LogP contribution >= 0.6 is 24.0 Å². The van der Waals surface area contributed by atoms with E-state index < -0.39 is 0 Å². The van der Waals surface area contributed by atoms with Crippen LogP contribution in [0.25, 0.3) is 0 Å². The van der Waals surface area contributed by atoms with Crippen molar-refractivity contribution in [3.05, 3.63) is 47.7 Å². The van der Waals surface area contributed by atoms with Crippen molar-refractivity contribution in [2.75, 3.05) is 38.8 Å². The van der Waals surface area contributed by atoms with Gasteiger partial charge in [0, 0.05) is 38.4 Å². The van der Waals surface area contributed by atoms with Gasteiger partial charge in [-0.2, -0.15) is 0 Å². The Hall–Kier alpha value is -2.23. The SMILES string of the molecule is CCOc1cc(CNC(=NC)NC2CCN(c3cccc(C)n3)CC2)ccc1OC.I. The molecule has 1 aromatic heterocycles. The summed E-state index contributed by atoms with van der Waals surface area (Å²) in [7, 11) is 3.46. The van der Waals surface area contributed by atoms with Gasteiger partial charge in [0.25, 0.3) is 0 Å². The van der Waals surface area contributed by atoms with E-state index in [1.54, 1.807) is 14.2 Å². The first-order chi connectivity index (χ1) is 14.6. The van der Waals surface area contributed by atoms with E-state index in [2.05, 4.69) is 37.6 Å². The number of methoxy groups -OCH3 is 1. The topological polar surface area (TPSA) is 71.0 Å². The van der Waals surface area contributed by atoms with Crippen LogP contribution in [0.1, 0.15) is 31.0 Å². The van der Waals surface area contributed by atoms with Gasteiger partial charge in [-0.15, -0.1) is 24.0 Å². The second-order valence-electron chi connectivity index (χ2n) is 7.39. The minimum Gasteiger partial charge on any atom is -0.493 e. The van der Waals surface area contributed by atoms with Crippen molar-refractivity contribution in [3.8, 4) is 11.5 Å². The number of hydrogen-bond donors (Lipinski definition) is 2. The van der Waals surface area contributed by atoms with Gasteiger partial charge in [0.1, 0.15) is 5.82 Å². The molecular formula is C23H34IN5O2. The Morgan fingerprint density at radius 1 is 1.19 bits per heavy atom. The number of nitrogens with one attached hydrogen (secondary N) is 2. The summed E-state index contributed by atoms with van der Waals surface area (Å²) in [5.74, 6) is 3.40. The maximum absolute atomic E-state index is 5.67. The lowest BCUT2D eigenvalue weighted by molar-refractivity contribution is 0.310. The molecule has 0 radical (unpaired) electrons. The maximum Gasteiger partial charge on any atom is 0.191 e. The standard InChI is InChI=1S/C23H33N5O2.HI/c1-5-30-21-15-18(9-10-20(21)29-4)16-25-23(24-3)27-19-11-13-28(14-12-19)22-8-6-7-17(2)26-22;/h6-10,15,19H,5,11-14,16H2,1-4H3,(H2,24,25,27);1H. The normalized spacial score (nSPS) is 14.6. The van der Waals surface area contributed by atoms with Crippen molar-refractivity contribution in [2.45, 2.75) is 39.3 Å². The third kappa shape index (κ3) is 7.15. The molecule has 2 N–H and O–H groups in total. The Balaban J connectivity index is 0.00000341. The molecule has 2 heterocycles. The van der Waals surface area contributed by atoms with E-state index in [0.717, 1.165) is 60.5 Å². The van der Waals surface area contributed by atoms with Gasteiger partial charge in [-0.05, 0) is 56.5 Å². The Bertz CT molecular complexity index is 854. The number of aromatic nitrogens is 1. The number of ether oxygens (including phenoxy) is 2. The zero-order valence-electron chi connectivity index (χ0n) is 18.9. The van der Waals surface area contributed by atoms with E-state index in [1.165, 1.54) is 0 Å². The highest BCUT2D eigenvalue weighted by molar-refractivity contribution is 14.0. The average molecular weight is 539 g/mol. The summed E-state index contributed by atoms with van der Waals surface area (Å²) < 4.78 is 11.0. The number of anilines is 1. The summed E-state index contributed by atoms with van der Waals surface area (Å²) in [6.45, 7) is 7.25. The van der Waals surface area contributed by atoms with Crippen LogP contribution in [-0.2, 0) is 6.54 Å². The van der Waals surface area contributed by atoms with E-state index in [-0.39, 0.29) is 24.0 Å². The number of piperidine rings is 1. The van der Waals surface area contributed by atoms with Crippen LogP contribution in [0.5, 0.6) is 11.5 Å². The molecule has 31 heavy (non-hydrogen) atoms. The second-order valence-corrected chi connectivity index (χ2v) is 7.39. The molecule has 1 aromatic carbocycles. The van der Waals surface area contributed by atoms with Crippen LogP contribution in [0.3, 0.4) is 0 Å². The van der Waals surface area contributed by atoms with Crippen molar-refractivity contribution >= 4 is 35.8 Å². The maximum atomic E-state index is 5.67. The molecule has 0 spiro atoms. The van der Waals surface area contributed by atoms with E-state index in [4.69, 9.17) is 9.47 Å². The average Bonchev–Trinajstić information content (AvgIpc) is 2.77. The highest BCUT2D eigenvalue weighted by Crippen LogP contribution is 2.28. The minimum absolute atomic E-state index is 0. The number of pyridine rings is 1. The van der Waals surface area contributed by atoms with Crippen molar-refractivity contribution in [2.24, 2.45) is 4.99 Å². The van der Waals surface area contributed by atoms with E-state index in [0.29, 0.717) is 19.2 Å². The number of hydrogen-bond acceptors (Lipinski definition) is 5. The smallest absolute Gasteiger partial charge is 0.191 e. The number of nitrogens with zero attached hydrogens (tertiary/aromatic N) is 3. The summed E-state index contributed by atoms with van der Waals surface area (Å²) in [5.41, 5.74) is 2.17. The first kappa shape index (κ1) is 25.0. The molecule has 1 aliphatic heterocycles. The number of aryl methyl sites for hydroxylation is 1. The predicted octanol–water partition coefficient (Wildman–Crippen LogP) is 3.75. The molecule has 170 valence electrons. The molecule has 3 rings (SSSR count). The van der Waals surface area contributed by atoms with Crippen molar-refractivity contribution in [3.63, 3.8) is 0 Å². The van der Waals surface area contributed by atoms with Crippen LogP contribution in [0, 0.1) is 6.92 Å². The first-order valence-electron chi connectivity index (χ1n) is 10.6. The summed E-state index contributed by atoms with van der Waals surface area (Å²) in [6.07, 6.45) is 2.10. The summed E-state index contributed by atoms with van der Waals surface area (Å²) in [4.78, 5) is 11.4. The zero-order chi connectivity index (χ0) is 21.3. The van der Waals surface area contributed by atoms with Gasteiger partial charge in [-0.1, -0.05) is 12.1 Å². The molecular weight excluding hydrogens is 505 g/mol. The number of benzene rings is 1. The molecule has 0 saturated carbocycles. The van der Waals surface area contributed by atoms with Gasteiger partial charge in [-0.25, -0.2) is 4.98 Å². The summed E-state index contributed by atoms with van der Waals surface area (Å²) in [6, 6.07) is 12.6. The Morgan fingerprint density at radius 3 is 2.61 bits per heavy atom. The predicted molar refractivity (Wildman–Crippen MR) is 137 cm³/mol. The molecule has 8 heteroatoms. The van der Waals surface area contributed by atoms with Crippen LogP contribution in [0.15, 0.2) is 41.4 Å². The van der Waals surface area contributed by atoms with Gasteiger partial charge < -0.3 is 25.0 Å². The van der Waals surface area contributed by atoms with Crippen molar-refractivity contribution in [1.29, 1.82) is 0 Å². The van der Waals surface area contributed by atoms with Gasteiger partial charge in [0.05, 0.1) is 13.7 Å². The van der Waals surface area contributed by atoms with E-state index in [9.17, 15) is 0 Å². The lowest BCUT2D eigenvalue weighted by Crippen LogP contribution is -2.48. The monoisotopic (exact) mass is 539 g/mol. The van der Waals surface area contributed by atoms with Crippen molar-refractivity contribution < 1.29 is 9.47 Å². The van der Waals surface area contributed by atoms with Crippen LogP contribution in [0.2, 0.25) is 0 Å². The van der Waals surface area contributed by atoms with E-state index >= 15 is 0 Å². The second kappa shape index (κ2) is 12.6. The quantitative estimate of drug-likeness (QED) is 0.318. The molecule has 0 aliphatic carbocycles. The first-order valence-corrected chi connectivity index (χ1v) is 10.6. The van der Waals surface area contributed by atoms with E-state index in [1.807, 2.05) is 38.1 Å². The largest absolute Gasteiger partial charge is 0.493 e. The van der Waals surface area contributed by atoms with Gasteiger partial charge >= 0.3 is 0 Å². The highest BCUT2D eigenvalue weighted by Gasteiger charge is 2.21. The molecule has 1 aliphatic rings. The van der Waals surface area contributed by atoms with Crippen LogP contribution in [-0.4, -0.2) is 50.8 Å². The fourth-order valence-corrected chi connectivity index (χ4v) is 3.63. The van der Waals surface area contributed by atoms with Crippen LogP contribution < -0.4 is 25.0 Å². The molecule has 7 nitrogen and oxygen atoms in total. The van der Waals surface area contributed by atoms with Gasteiger partial charge in [0.2, 0.25) is 0 Å². The number of aliphatic imine (C=N–C) groups is 1. The van der Waals surface area contributed by atoms with Crippen LogP contribution in [0.4, 0.5) is 5.82 Å². The Labute approximate surface area is 202 Å². The number of rotatable bonds is 7. The summed E-state index contributed by atoms with van der Waals surface area (Å²) >= 11 is 0. The number of halogens is 1. The molecule has 0 amide bonds. The van der Waals surface area contributed by atoms with Gasteiger partial charge in [0.15, 0.2) is 17.5 Å². The van der Waals surface area contributed by atoms with Gasteiger partial charge in [-0.3, -0.25) is 4.99 Å². The third-order valence-corrected chi connectivity index (χ3v) is 5.24. The highest BCUT2D eigenvalue weighted by atomic mass is 127. The Morgan fingerprint density at radius 2 is 1.97 bits per heavy atom.